The lowest BCUT2D eigenvalue weighted by Crippen LogP contribution is -2.54. The van der Waals surface area contributed by atoms with E-state index < -0.39 is 0 Å². The molecule has 0 spiro atoms. The largest absolute Gasteiger partial charge is 0.329 e. The normalized spacial score (nSPS) is 25.4. The molecule has 1 rings (SSSR count). The number of likely N-dealkylation sites (tertiary alicyclic amines) is 1. The van der Waals surface area contributed by atoms with Crippen LogP contribution in [0.5, 0.6) is 0 Å². The average Bonchev–Trinajstić information content (AvgIpc) is 2.66. The first kappa shape index (κ1) is 17.9. The van der Waals surface area contributed by atoms with Crippen molar-refractivity contribution < 1.29 is 0 Å². The number of hydrogen-bond donors (Lipinski definition) is 1. The molecule has 0 saturated carbocycles. The molecule has 4 nitrogen and oxygen atoms in total. The van der Waals surface area contributed by atoms with Gasteiger partial charge in [0.25, 0.3) is 0 Å². The molecule has 20 heavy (non-hydrogen) atoms. The third-order valence-electron chi connectivity index (χ3n) is 4.92. The van der Waals surface area contributed by atoms with Crippen LogP contribution < -0.4 is 5.73 Å². The van der Waals surface area contributed by atoms with Gasteiger partial charge in [0, 0.05) is 12.1 Å². The van der Waals surface area contributed by atoms with E-state index in [9.17, 15) is 0 Å². The molecule has 1 aliphatic rings. The summed E-state index contributed by atoms with van der Waals surface area (Å²) < 4.78 is 0. The molecule has 1 saturated heterocycles. The van der Waals surface area contributed by atoms with E-state index in [1.165, 1.54) is 51.9 Å². The van der Waals surface area contributed by atoms with Crippen LogP contribution >= 0.6 is 0 Å². The molecule has 2 N–H and O–H groups in total. The molecule has 0 aromatic heterocycles. The van der Waals surface area contributed by atoms with Crippen LogP contribution in [-0.4, -0.2) is 80.1 Å². The maximum atomic E-state index is 6.23. The minimum absolute atomic E-state index is 0.241. The van der Waals surface area contributed by atoms with Crippen molar-refractivity contribution in [3.05, 3.63) is 0 Å². The molecular formula is C16H36N4. The second-order valence-electron chi connectivity index (χ2n) is 6.45. The Morgan fingerprint density at radius 2 is 1.85 bits per heavy atom. The molecule has 0 aliphatic carbocycles. The zero-order valence-corrected chi connectivity index (χ0v) is 14.2. The van der Waals surface area contributed by atoms with Crippen LogP contribution in [0, 0.1) is 0 Å². The zero-order valence-electron chi connectivity index (χ0n) is 14.2. The van der Waals surface area contributed by atoms with E-state index in [2.05, 4.69) is 42.6 Å². The molecular weight excluding hydrogens is 248 g/mol. The molecule has 0 bridgehead atoms. The first-order valence-electron chi connectivity index (χ1n) is 8.40. The van der Waals surface area contributed by atoms with Crippen molar-refractivity contribution >= 4 is 0 Å². The second kappa shape index (κ2) is 8.98. The molecule has 0 radical (unpaired) electrons. The van der Waals surface area contributed by atoms with E-state index in [0.717, 1.165) is 19.6 Å². The highest BCUT2D eigenvalue weighted by Crippen LogP contribution is 2.28. The Morgan fingerprint density at radius 3 is 2.40 bits per heavy atom. The first-order valence-corrected chi connectivity index (χ1v) is 8.40. The van der Waals surface area contributed by atoms with E-state index in [1.807, 2.05) is 0 Å². The maximum absolute atomic E-state index is 6.23. The second-order valence-corrected chi connectivity index (χ2v) is 6.45. The van der Waals surface area contributed by atoms with Crippen LogP contribution in [0.15, 0.2) is 0 Å². The SMILES string of the molecule is CCN1CCCC(CN)(N(CC)CCCN(C)C)CC1. The summed E-state index contributed by atoms with van der Waals surface area (Å²) >= 11 is 0. The summed E-state index contributed by atoms with van der Waals surface area (Å²) in [5.41, 5.74) is 6.47. The Bertz CT molecular complexity index is 257. The standard InChI is InChI=1S/C16H36N4/c1-5-19-12-7-9-16(15-17,10-14-19)20(6-2)13-8-11-18(3)4/h5-15,17H2,1-4H3. The number of nitrogens with two attached hydrogens (primary N) is 1. The smallest absolute Gasteiger partial charge is 0.0344 e. The van der Waals surface area contributed by atoms with Gasteiger partial charge in [0.15, 0.2) is 0 Å². The van der Waals surface area contributed by atoms with Crippen LogP contribution in [0.1, 0.15) is 39.5 Å². The maximum Gasteiger partial charge on any atom is 0.0344 e. The molecule has 1 unspecified atom stereocenters. The Morgan fingerprint density at radius 1 is 1.10 bits per heavy atom. The molecule has 1 atom stereocenters. The van der Waals surface area contributed by atoms with Gasteiger partial charge in [-0.05, 0) is 79.0 Å². The van der Waals surface area contributed by atoms with Crippen molar-refractivity contribution in [1.29, 1.82) is 0 Å². The van der Waals surface area contributed by atoms with E-state index >= 15 is 0 Å². The summed E-state index contributed by atoms with van der Waals surface area (Å²) in [4.78, 5) is 7.51. The van der Waals surface area contributed by atoms with Gasteiger partial charge in [-0.25, -0.2) is 0 Å². The van der Waals surface area contributed by atoms with E-state index in [0.29, 0.717) is 0 Å². The fourth-order valence-electron chi connectivity index (χ4n) is 3.51. The summed E-state index contributed by atoms with van der Waals surface area (Å²) in [6.07, 6.45) is 5.01. The van der Waals surface area contributed by atoms with Crippen LogP contribution in [0.4, 0.5) is 0 Å². The van der Waals surface area contributed by atoms with Crippen molar-refractivity contribution in [2.24, 2.45) is 5.73 Å². The van der Waals surface area contributed by atoms with Gasteiger partial charge in [-0.2, -0.15) is 0 Å². The van der Waals surface area contributed by atoms with Crippen molar-refractivity contribution in [3.63, 3.8) is 0 Å². The number of rotatable bonds is 8. The van der Waals surface area contributed by atoms with E-state index in [1.54, 1.807) is 0 Å². The quantitative estimate of drug-likeness (QED) is 0.732. The Hall–Kier alpha value is -0.160. The van der Waals surface area contributed by atoms with Crippen molar-refractivity contribution in [3.8, 4) is 0 Å². The molecule has 0 aromatic carbocycles. The van der Waals surface area contributed by atoms with E-state index in [-0.39, 0.29) is 5.54 Å². The summed E-state index contributed by atoms with van der Waals surface area (Å²) in [7, 11) is 4.31. The zero-order chi connectivity index (χ0) is 15.0. The van der Waals surface area contributed by atoms with Gasteiger partial charge in [0.2, 0.25) is 0 Å². The predicted octanol–water partition coefficient (Wildman–Crippen LogP) is 1.46. The summed E-state index contributed by atoms with van der Waals surface area (Å²) in [6.45, 7) is 12.5. The number of nitrogens with zero attached hydrogens (tertiary/aromatic N) is 3. The fourth-order valence-corrected chi connectivity index (χ4v) is 3.51. The lowest BCUT2D eigenvalue weighted by Gasteiger charge is -2.43. The molecule has 120 valence electrons. The lowest BCUT2D eigenvalue weighted by molar-refractivity contribution is 0.0799. The number of likely N-dealkylation sites (N-methyl/N-ethyl adjacent to an activating group) is 1. The van der Waals surface area contributed by atoms with Gasteiger partial charge < -0.3 is 15.5 Å². The van der Waals surface area contributed by atoms with Gasteiger partial charge in [-0.1, -0.05) is 13.8 Å². The highest BCUT2D eigenvalue weighted by atomic mass is 15.2. The Balaban J connectivity index is 2.63. The van der Waals surface area contributed by atoms with Crippen LogP contribution in [-0.2, 0) is 0 Å². The van der Waals surface area contributed by atoms with Gasteiger partial charge in [-0.3, -0.25) is 4.90 Å². The molecule has 1 fully saturated rings. The lowest BCUT2D eigenvalue weighted by atomic mass is 9.88. The topological polar surface area (TPSA) is 35.7 Å². The minimum Gasteiger partial charge on any atom is -0.329 e. The van der Waals surface area contributed by atoms with Gasteiger partial charge in [0.05, 0.1) is 0 Å². The Kier molecular flexibility index (Phi) is 8.03. The predicted molar refractivity (Wildman–Crippen MR) is 88.2 cm³/mol. The molecule has 4 heteroatoms. The minimum atomic E-state index is 0.241. The molecule has 1 heterocycles. The highest BCUT2D eigenvalue weighted by Gasteiger charge is 2.35. The van der Waals surface area contributed by atoms with Gasteiger partial charge in [-0.15, -0.1) is 0 Å². The van der Waals surface area contributed by atoms with Crippen molar-refractivity contribution in [2.45, 2.75) is 45.1 Å². The van der Waals surface area contributed by atoms with Crippen LogP contribution in [0.2, 0.25) is 0 Å². The number of hydrogen-bond acceptors (Lipinski definition) is 4. The van der Waals surface area contributed by atoms with Crippen LogP contribution in [0.25, 0.3) is 0 Å². The van der Waals surface area contributed by atoms with Crippen molar-refractivity contribution in [1.82, 2.24) is 14.7 Å². The average molecular weight is 284 g/mol. The van der Waals surface area contributed by atoms with Gasteiger partial charge in [0.1, 0.15) is 0 Å². The summed E-state index contributed by atoms with van der Waals surface area (Å²) in [6, 6.07) is 0. The molecule has 0 amide bonds. The van der Waals surface area contributed by atoms with Crippen LogP contribution in [0.3, 0.4) is 0 Å². The monoisotopic (exact) mass is 284 g/mol. The third-order valence-corrected chi connectivity index (χ3v) is 4.92. The Labute approximate surface area is 126 Å². The first-order chi connectivity index (χ1) is 9.57. The summed E-state index contributed by atoms with van der Waals surface area (Å²) in [5, 5.41) is 0. The fraction of sp³-hybridized carbons (Fsp3) is 1.00. The third kappa shape index (κ3) is 4.99. The highest BCUT2D eigenvalue weighted by molar-refractivity contribution is 4.94. The van der Waals surface area contributed by atoms with Crippen molar-refractivity contribution in [2.75, 3.05) is 59.9 Å². The molecule has 0 aromatic rings. The summed E-state index contributed by atoms with van der Waals surface area (Å²) in [5.74, 6) is 0. The van der Waals surface area contributed by atoms with E-state index in [4.69, 9.17) is 5.73 Å². The molecule has 1 aliphatic heterocycles. The van der Waals surface area contributed by atoms with Gasteiger partial charge >= 0.3 is 0 Å².